The molecule has 1 saturated carbocycles. The van der Waals surface area contributed by atoms with Gasteiger partial charge in [0.2, 0.25) is 5.91 Å². The van der Waals surface area contributed by atoms with Gasteiger partial charge < -0.3 is 9.64 Å². The molecule has 4 nitrogen and oxygen atoms in total. The first-order chi connectivity index (χ1) is 10.7. The Balaban J connectivity index is 1.89. The number of hydrogen-bond acceptors (Lipinski definition) is 3. The lowest BCUT2D eigenvalue weighted by molar-refractivity contribution is -0.151. The average molecular weight is 301 g/mol. The van der Waals surface area contributed by atoms with E-state index in [4.69, 9.17) is 4.74 Å². The van der Waals surface area contributed by atoms with Crippen molar-refractivity contribution in [3.05, 3.63) is 29.8 Å². The third-order valence-corrected chi connectivity index (χ3v) is 4.97. The third-order valence-electron chi connectivity index (χ3n) is 4.97. The Bertz CT molecular complexity index is 563. The number of methoxy groups -OCH3 is 1. The molecule has 1 atom stereocenters. The number of carbonyl (C=O) groups is 2. The van der Waals surface area contributed by atoms with Gasteiger partial charge in [0.1, 0.15) is 5.92 Å². The monoisotopic (exact) mass is 301 g/mol. The Morgan fingerprint density at radius 1 is 1.18 bits per heavy atom. The van der Waals surface area contributed by atoms with Crippen LogP contribution in [0.15, 0.2) is 24.3 Å². The molecular formula is C18H23NO3. The quantitative estimate of drug-likeness (QED) is 0.637. The molecule has 0 N–H and O–H groups in total. The number of hydrogen-bond donors (Lipinski definition) is 0. The zero-order chi connectivity index (χ0) is 15.5. The lowest BCUT2D eigenvalue weighted by atomic mass is 9.88. The molecule has 1 aliphatic carbocycles. The predicted octanol–water partition coefficient (Wildman–Crippen LogP) is 2.95. The second-order valence-electron chi connectivity index (χ2n) is 6.27. The zero-order valence-corrected chi connectivity index (χ0v) is 13.1. The van der Waals surface area contributed by atoms with Crippen molar-refractivity contribution >= 4 is 17.6 Å². The highest BCUT2D eigenvalue weighted by molar-refractivity contribution is 6.07. The Labute approximate surface area is 131 Å². The zero-order valence-electron chi connectivity index (χ0n) is 13.1. The van der Waals surface area contributed by atoms with Gasteiger partial charge in [0.15, 0.2) is 0 Å². The van der Waals surface area contributed by atoms with Crippen LogP contribution < -0.4 is 4.90 Å². The fourth-order valence-electron chi connectivity index (χ4n) is 3.84. The van der Waals surface area contributed by atoms with E-state index in [0.717, 1.165) is 44.2 Å². The maximum absolute atomic E-state index is 13.1. The molecule has 3 rings (SSSR count). The number of benzene rings is 1. The van der Waals surface area contributed by atoms with Gasteiger partial charge in [-0.15, -0.1) is 0 Å². The fraction of sp³-hybridized carbons (Fsp3) is 0.556. The first-order valence-corrected chi connectivity index (χ1v) is 8.19. The van der Waals surface area contributed by atoms with Crippen LogP contribution in [0.3, 0.4) is 0 Å². The molecule has 118 valence electrons. The molecule has 1 amide bonds. The third kappa shape index (κ3) is 2.74. The highest BCUT2D eigenvalue weighted by atomic mass is 16.5. The van der Waals surface area contributed by atoms with E-state index in [0.29, 0.717) is 6.54 Å². The van der Waals surface area contributed by atoms with Crippen LogP contribution in [0, 0.1) is 11.8 Å². The van der Waals surface area contributed by atoms with Crippen molar-refractivity contribution in [2.45, 2.75) is 38.5 Å². The van der Waals surface area contributed by atoms with Crippen LogP contribution in [0.4, 0.5) is 5.69 Å². The first-order valence-electron chi connectivity index (χ1n) is 8.19. The summed E-state index contributed by atoms with van der Waals surface area (Å²) in [6.45, 7) is 0.691. The topological polar surface area (TPSA) is 46.6 Å². The van der Waals surface area contributed by atoms with Crippen LogP contribution >= 0.6 is 0 Å². The molecule has 4 heteroatoms. The number of rotatable bonds is 3. The van der Waals surface area contributed by atoms with Gasteiger partial charge in [-0.25, -0.2) is 0 Å². The lowest BCUT2D eigenvalue weighted by Crippen LogP contribution is -2.45. The number of carbonyl (C=O) groups excluding carboxylic acids is 2. The van der Waals surface area contributed by atoms with Crippen LogP contribution in [0.5, 0.6) is 0 Å². The van der Waals surface area contributed by atoms with Crippen LogP contribution in [-0.2, 0) is 20.7 Å². The van der Waals surface area contributed by atoms with Gasteiger partial charge in [0.25, 0.3) is 0 Å². The predicted molar refractivity (Wildman–Crippen MR) is 84.6 cm³/mol. The number of aryl methyl sites for hydroxylation is 1. The van der Waals surface area contributed by atoms with Gasteiger partial charge >= 0.3 is 5.97 Å². The van der Waals surface area contributed by atoms with E-state index in [1.165, 1.54) is 12.7 Å². The number of ether oxygens (including phenoxy) is 1. The van der Waals surface area contributed by atoms with Gasteiger partial charge in [-0.1, -0.05) is 31.0 Å². The molecular weight excluding hydrogens is 278 g/mol. The summed E-state index contributed by atoms with van der Waals surface area (Å²) in [6, 6.07) is 8.00. The smallest absolute Gasteiger partial charge is 0.318 e. The van der Waals surface area contributed by atoms with Crippen LogP contribution in [0.1, 0.15) is 37.7 Å². The van der Waals surface area contributed by atoms with E-state index in [1.54, 1.807) is 4.90 Å². The SMILES string of the molecule is COC(=O)[C@@H](C(=O)N1CCCc2ccccc21)C1CCCC1. The maximum Gasteiger partial charge on any atom is 0.318 e. The summed E-state index contributed by atoms with van der Waals surface area (Å²) < 4.78 is 4.94. The minimum Gasteiger partial charge on any atom is -0.468 e. The molecule has 0 saturated heterocycles. The average Bonchev–Trinajstić information content (AvgIpc) is 3.08. The number of nitrogens with zero attached hydrogens (tertiary/aromatic N) is 1. The minimum absolute atomic E-state index is 0.0779. The van der Waals surface area contributed by atoms with E-state index in [9.17, 15) is 9.59 Å². The van der Waals surface area contributed by atoms with E-state index < -0.39 is 5.92 Å². The largest absolute Gasteiger partial charge is 0.468 e. The molecule has 0 bridgehead atoms. The first kappa shape index (κ1) is 15.1. The second-order valence-corrected chi connectivity index (χ2v) is 6.27. The second kappa shape index (κ2) is 6.51. The van der Waals surface area contributed by atoms with Crippen molar-refractivity contribution < 1.29 is 14.3 Å². The molecule has 0 unspecified atom stereocenters. The summed E-state index contributed by atoms with van der Waals surface area (Å²) in [4.78, 5) is 27.1. The number of anilines is 1. The Hall–Kier alpha value is -1.84. The lowest BCUT2D eigenvalue weighted by Gasteiger charge is -2.33. The van der Waals surface area contributed by atoms with E-state index in [2.05, 4.69) is 6.07 Å². The Morgan fingerprint density at radius 2 is 1.91 bits per heavy atom. The molecule has 1 aromatic rings. The van der Waals surface area contributed by atoms with Crippen LogP contribution in [0.2, 0.25) is 0 Å². The van der Waals surface area contributed by atoms with E-state index in [1.807, 2.05) is 18.2 Å². The number of fused-ring (bicyclic) bond motifs is 1. The molecule has 1 heterocycles. The van der Waals surface area contributed by atoms with Crippen molar-refractivity contribution in [3.8, 4) is 0 Å². The Morgan fingerprint density at radius 3 is 2.64 bits per heavy atom. The minimum atomic E-state index is -0.640. The van der Waals surface area contributed by atoms with Gasteiger partial charge in [-0.2, -0.15) is 0 Å². The highest BCUT2D eigenvalue weighted by Crippen LogP contribution is 2.35. The number of esters is 1. The Kier molecular flexibility index (Phi) is 4.46. The van der Waals surface area contributed by atoms with Gasteiger partial charge in [-0.3, -0.25) is 9.59 Å². The molecule has 0 spiro atoms. The summed E-state index contributed by atoms with van der Waals surface area (Å²) in [5.74, 6) is -0.960. The normalized spacial score (nSPS) is 19.6. The molecule has 22 heavy (non-hydrogen) atoms. The number of amides is 1. The fourth-order valence-corrected chi connectivity index (χ4v) is 3.84. The highest BCUT2D eigenvalue weighted by Gasteiger charge is 2.40. The van der Waals surface area contributed by atoms with Crippen molar-refractivity contribution in [1.82, 2.24) is 0 Å². The molecule has 2 aliphatic rings. The van der Waals surface area contributed by atoms with Gasteiger partial charge in [-0.05, 0) is 43.2 Å². The molecule has 1 fully saturated rings. The van der Waals surface area contributed by atoms with Crippen molar-refractivity contribution in [2.75, 3.05) is 18.6 Å². The van der Waals surface area contributed by atoms with Crippen molar-refractivity contribution in [2.24, 2.45) is 11.8 Å². The summed E-state index contributed by atoms with van der Waals surface area (Å²) in [7, 11) is 1.38. The van der Waals surface area contributed by atoms with Crippen molar-refractivity contribution in [1.29, 1.82) is 0 Å². The number of para-hydroxylation sites is 1. The summed E-state index contributed by atoms with van der Waals surface area (Å²) >= 11 is 0. The van der Waals surface area contributed by atoms with Crippen molar-refractivity contribution in [3.63, 3.8) is 0 Å². The molecule has 1 aliphatic heterocycles. The molecule has 0 aromatic heterocycles. The van der Waals surface area contributed by atoms with Crippen LogP contribution in [-0.4, -0.2) is 25.5 Å². The van der Waals surface area contributed by atoms with Gasteiger partial charge in [0.05, 0.1) is 7.11 Å². The maximum atomic E-state index is 13.1. The molecule has 0 radical (unpaired) electrons. The van der Waals surface area contributed by atoms with E-state index >= 15 is 0 Å². The standard InChI is InChI=1S/C18H23NO3/c1-22-18(21)16(14-8-2-3-9-14)17(20)19-12-6-10-13-7-4-5-11-15(13)19/h4-5,7,11,14,16H,2-3,6,8-10,12H2,1H3/t16-/m1/s1. The van der Waals surface area contributed by atoms with E-state index in [-0.39, 0.29) is 17.8 Å². The summed E-state index contributed by atoms with van der Waals surface area (Å²) in [6.07, 6.45) is 6.03. The van der Waals surface area contributed by atoms with Gasteiger partial charge in [0, 0.05) is 12.2 Å². The summed E-state index contributed by atoms with van der Waals surface area (Å²) in [5.41, 5.74) is 2.16. The van der Waals surface area contributed by atoms with Crippen LogP contribution in [0.25, 0.3) is 0 Å². The molecule has 1 aromatic carbocycles. The summed E-state index contributed by atoms with van der Waals surface area (Å²) in [5, 5.41) is 0.